The molecule has 2 aromatic rings. The number of hydrogen-bond donors (Lipinski definition) is 0. The van der Waals surface area contributed by atoms with Crippen molar-refractivity contribution in [2.45, 2.75) is 25.9 Å². The summed E-state index contributed by atoms with van der Waals surface area (Å²) in [6.45, 7) is 3.23. The monoisotopic (exact) mass is 289 g/mol. The highest BCUT2D eigenvalue weighted by atomic mass is 19.1. The van der Waals surface area contributed by atoms with Crippen molar-refractivity contribution in [1.29, 1.82) is 0 Å². The van der Waals surface area contributed by atoms with Crippen LogP contribution in [0.3, 0.4) is 0 Å². The highest BCUT2D eigenvalue weighted by Gasteiger charge is 2.24. The van der Waals surface area contributed by atoms with Crippen molar-refractivity contribution >= 4 is 5.82 Å². The number of aromatic nitrogens is 4. The molecule has 7 heteroatoms. The van der Waals surface area contributed by atoms with E-state index >= 15 is 0 Å². The third-order valence-electron chi connectivity index (χ3n) is 3.36. The third-order valence-corrected chi connectivity index (χ3v) is 3.36. The third kappa shape index (κ3) is 3.24. The first-order valence-electron chi connectivity index (χ1n) is 6.88. The molecule has 0 bridgehead atoms. The molecule has 1 aliphatic heterocycles. The normalized spacial score (nSPS) is 18.6. The topological polar surface area (TPSA) is 64.0 Å². The van der Waals surface area contributed by atoms with Gasteiger partial charge < -0.3 is 9.64 Å². The molecule has 6 nitrogen and oxygen atoms in total. The molecule has 1 unspecified atom stereocenters. The summed E-state index contributed by atoms with van der Waals surface area (Å²) < 4.78 is 19.5. The number of hydrogen-bond acceptors (Lipinski definition) is 6. The second-order valence-corrected chi connectivity index (χ2v) is 5.07. The van der Waals surface area contributed by atoms with Crippen molar-refractivity contribution < 1.29 is 9.13 Å². The molecule has 0 radical (unpaired) electrons. The SMILES string of the molecule is Cc1cnc(OC2CCCN(c3ncncc3F)C2)nc1. The lowest BCUT2D eigenvalue weighted by Crippen LogP contribution is -2.42. The van der Waals surface area contributed by atoms with Crippen LogP contribution in [0.4, 0.5) is 10.2 Å². The Kier molecular flexibility index (Phi) is 3.89. The molecule has 0 amide bonds. The van der Waals surface area contributed by atoms with Gasteiger partial charge in [0.25, 0.3) is 0 Å². The molecule has 0 spiro atoms. The molecule has 21 heavy (non-hydrogen) atoms. The van der Waals surface area contributed by atoms with Crippen molar-refractivity contribution in [3.8, 4) is 6.01 Å². The lowest BCUT2D eigenvalue weighted by Gasteiger charge is -2.33. The molecule has 1 saturated heterocycles. The van der Waals surface area contributed by atoms with E-state index in [4.69, 9.17) is 4.74 Å². The van der Waals surface area contributed by atoms with Crippen LogP contribution < -0.4 is 9.64 Å². The number of anilines is 1. The van der Waals surface area contributed by atoms with E-state index in [0.717, 1.165) is 24.9 Å². The number of nitrogens with zero attached hydrogens (tertiary/aromatic N) is 5. The number of halogens is 1. The lowest BCUT2D eigenvalue weighted by atomic mass is 10.1. The first-order valence-corrected chi connectivity index (χ1v) is 6.88. The van der Waals surface area contributed by atoms with E-state index in [1.54, 1.807) is 12.4 Å². The van der Waals surface area contributed by atoms with Gasteiger partial charge in [-0.2, -0.15) is 0 Å². The summed E-state index contributed by atoms with van der Waals surface area (Å²) in [5, 5.41) is 0. The van der Waals surface area contributed by atoms with Crippen LogP contribution in [0.5, 0.6) is 6.01 Å². The van der Waals surface area contributed by atoms with Crippen LogP contribution in [0.2, 0.25) is 0 Å². The quantitative estimate of drug-likeness (QED) is 0.858. The minimum Gasteiger partial charge on any atom is -0.458 e. The smallest absolute Gasteiger partial charge is 0.316 e. The predicted octanol–water partition coefficient (Wildman–Crippen LogP) is 1.76. The van der Waals surface area contributed by atoms with Gasteiger partial charge in [0.1, 0.15) is 12.4 Å². The second-order valence-electron chi connectivity index (χ2n) is 5.07. The lowest BCUT2D eigenvalue weighted by molar-refractivity contribution is 0.164. The van der Waals surface area contributed by atoms with Crippen molar-refractivity contribution in [1.82, 2.24) is 19.9 Å². The Morgan fingerprint density at radius 3 is 2.81 bits per heavy atom. The van der Waals surface area contributed by atoms with E-state index in [-0.39, 0.29) is 6.10 Å². The molecule has 1 aliphatic rings. The largest absolute Gasteiger partial charge is 0.458 e. The van der Waals surface area contributed by atoms with Crippen LogP contribution in [-0.2, 0) is 0 Å². The van der Waals surface area contributed by atoms with Crippen molar-refractivity contribution in [3.63, 3.8) is 0 Å². The fourth-order valence-corrected chi connectivity index (χ4v) is 2.36. The van der Waals surface area contributed by atoms with Gasteiger partial charge >= 0.3 is 6.01 Å². The van der Waals surface area contributed by atoms with E-state index in [9.17, 15) is 4.39 Å². The summed E-state index contributed by atoms with van der Waals surface area (Å²) in [6, 6.07) is 0.357. The van der Waals surface area contributed by atoms with Crippen LogP contribution in [0.25, 0.3) is 0 Å². The summed E-state index contributed by atoms with van der Waals surface area (Å²) in [5.74, 6) is -0.0899. The maximum Gasteiger partial charge on any atom is 0.316 e. The maximum atomic E-state index is 13.7. The van der Waals surface area contributed by atoms with Gasteiger partial charge in [-0.25, -0.2) is 24.3 Å². The van der Waals surface area contributed by atoms with Gasteiger partial charge in [-0.05, 0) is 25.3 Å². The Hall–Kier alpha value is -2.31. The van der Waals surface area contributed by atoms with E-state index in [2.05, 4.69) is 19.9 Å². The predicted molar refractivity (Wildman–Crippen MR) is 74.6 cm³/mol. The van der Waals surface area contributed by atoms with Crippen LogP contribution in [0, 0.1) is 12.7 Å². The van der Waals surface area contributed by atoms with E-state index in [1.165, 1.54) is 12.5 Å². The molecular formula is C14H16FN5O. The summed E-state index contributed by atoms with van der Waals surface area (Å²) in [4.78, 5) is 17.8. The number of aryl methyl sites for hydroxylation is 1. The van der Waals surface area contributed by atoms with Gasteiger partial charge in [-0.3, -0.25) is 0 Å². The first-order chi connectivity index (χ1) is 10.2. The average Bonchev–Trinajstić information content (AvgIpc) is 2.50. The standard InChI is InChI=1S/C14H16FN5O/c1-10-5-17-14(18-6-10)21-11-3-2-4-20(8-11)13-12(15)7-16-9-19-13/h5-7,9,11H,2-4,8H2,1H3. The van der Waals surface area contributed by atoms with Crippen molar-refractivity contribution in [2.75, 3.05) is 18.0 Å². The summed E-state index contributed by atoms with van der Waals surface area (Å²) in [7, 11) is 0. The molecule has 0 aromatic carbocycles. The van der Waals surface area contributed by atoms with Gasteiger partial charge in [0, 0.05) is 18.9 Å². The Balaban J connectivity index is 1.68. The van der Waals surface area contributed by atoms with Gasteiger partial charge in [-0.1, -0.05) is 0 Å². The van der Waals surface area contributed by atoms with E-state index in [0.29, 0.717) is 18.4 Å². The molecule has 0 N–H and O–H groups in total. The minimum atomic E-state index is -0.412. The molecule has 110 valence electrons. The molecule has 2 aromatic heterocycles. The Bertz CT molecular complexity index is 607. The summed E-state index contributed by atoms with van der Waals surface area (Å²) in [6.07, 6.45) is 7.68. The van der Waals surface area contributed by atoms with Crippen LogP contribution in [0.1, 0.15) is 18.4 Å². The summed E-state index contributed by atoms with van der Waals surface area (Å²) >= 11 is 0. The molecular weight excluding hydrogens is 273 g/mol. The number of rotatable bonds is 3. The van der Waals surface area contributed by atoms with Crippen molar-refractivity contribution in [3.05, 3.63) is 36.3 Å². The van der Waals surface area contributed by atoms with Gasteiger partial charge in [-0.15, -0.1) is 0 Å². The number of piperidine rings is 1. The zero-order chi connectivity index (χ0) is 14.7. The fraction of sp³-hybridized carbons (Fsp3) is 0.429. The Labute approximate surface area is 122 Å². The van der Waals surface area contributed by atoms with Crippen molar-refractivity contribution in [2.24, 2.45) is 0 Å². The molecule has 3 heterocycles. The zero-order valence-corrected chi connectivity index (χ0v) is 11.7. The Morgan fingerprint density at radius 1 is 1.24 bits per heavy atom. The number of ether oxygens (including phenoxy) is 1. The van der Waals surface area contributed by atoms with E-state index in [1.807, 2.05) is 11.8 Å². The van der Waals surface area contributed by atoms with Gasteiger partial charge in [0.05, 0.1) is 12.7 Å². The maximum absolute atomic E-state index is 13.7. The summed E-state index contributed by atoms with van der Waals surface area (Å²) in [5.41, 5.74) is 0.982. The highest BCUT2D eigenvalue weighted by molar-refractivity contribution is 5.39. The molecule has 1 atom stereocenters. The molecule has 3 rings (SSSR count). The molecule has 0 saturated carbocycles. The highest BCUT2D eigenvalue weighted by Crippen LogP contribution is 2.21. The van der Waals surface area contributed by atoms with Crippen LogP contribution >= 0.6 is 0 Å². The van der Waals surface area contributed by atoms with E-state index < -0.39 is 5.82 Å². The fourth-order valence-electron chi connectivity index (χ4n) is 2.36. The van der Waals surface area contributed by atoms with Gasteiger partial charge in [0.15, 0.2) is 11.6 Å². The minimum absolute atomic E-state index is 0.0733. The zero-order valence-electron chi connectivity index (χ0n) is 11.7. The molecule has 1 fully saturated rings. The Morgan fingerprint density at radius 2 is 2.05 bits per heavy atom. The average molecular weight is 289 g/mol. The van der Waals surface area contributed by atoms with Crippen LogP contribution in [-0.4, -0.2) is 39.1 Å². The molecule has 0 aliphatic carbocycles. The van der Waals surface area contributed by atoms with Crippen LogP contribution in [0.15, 0.2) is 24.9 Å². The second kappa shape index (κ2) is 5.99. The first kappa shape index (κ1) is 13.7. The van der Waals surface area contributed by atoms with Gasteiger partial charge in [0.2, 0.25) is 0 Å².